The number of rotatable bonds is 3. The normalized spacial score (nSPS) is 22.7. The first-order valence-electron chi connectivity index (χ1n) is 8.76. The van der Waals surface area contributed by atoms with Crippen molar-refractivity contribution in [3.8, 4) is 0 Å². The van der Waals surface area contributed by atoms with E-state index >= 15 is 0 Å². The Morgan fingerprint density at radius 2 is 2.07 bits per heavy atom. The molecule has 0 aliphatic carbocycles. The van der Waals surface area contributed by atoms with Gasteiger partial charge in [-0.3, -0.25) is 4.79 Å². The van der Waals surface area contributed by atoms with E-state index in [1.807, 2.05) is 7.05 Å². The fourth-order valence-electron chi connectivity index (χ4n) is 2.89. The SMILES string of the molecule is CN1CCc2nc(C(=O)NC3C(=O)OC[C@H]3NC(=O)OC(C)(C)C)sc2C1. The van der Waals surface area contributed by atoms with Gasteiger partial charge < -0.3 is 25.0 Å². The number of aromatic nitrogens is 1. The predicted octanol–water partition coefficient (Wildman–Crippen LogP) is 0.680. The summed E-state index contributed by atoms with van der Waals surface area (Å²) in [7, 11) is 2.02. The van der Waals surface area contributed by atoms with Gasteiger partial charge >= 0.3 is 12.1 Å². The summed E-state index contributed by atoms with van der Waals surface area (Å²) in [6.45, 7) is 6.85. The van der Waals surface area contributed by atoms with E-state index in [-0.39, 0.29) is 6.61 Å². The number of alkyl carbamates (subject to hydrolysis) is 1. The van der Waals surface area contributed by atoms with Crippen molar-refractivity contribution in [2.45, 2.75) is 51.4 Å². The standard InChI is InChI=1S/C17H24N4O5S/c1-17(2,3)26-16(24)19-10-8-25-15(23)12(10)20-13(22)14-18-9-5-6-21(4)7-11(9)27-14/h10,12H,5-8H2,1-4H3,(H,19,24)(H,20,22)/t10-,12?/m1/s1. The van der Waals surface area contributed by atoms with E-state index in [1.165, 1.54) is 11.3 Å². The number of hydrogen-bond acceptors (Lipinski definition) is 8. The highest BCUT2D eigenvalue weighted by Crippen LogP contribution is 2.24. The zero-order chi connectivity index (χ0) is 19.8. The molecule has 0 spiro atoms. The van der Waals surface area contributed by atoms with Gasteiger partial charge in [-0.15, -0.1) is 11.3 Å². The van der Waals surface area contributed by atoms with Crippen molar-refractivity contribution in [1.29, 1.82) is 0 Å². The Balaban J connectivity index is 1.65. The second-order valence-electron chi connectivity index (χ2n) is 7.71. The van der Waals surface area contributed by atoms with Gasteiger partial charge in [0.05, 0.1) is 11.7 Å². The summed E-state index contributed by atoms with van der Waals surface area (Å²) >= 11 is 1.33. The summed E-state index contributed by atoms with van der Waals surface area (Å²) in [6, 6.07) is -1.68. The van der Waals surface area contributed by atoms with Crippen LogP contribution in [-0.4, -0.2) is 65.7 Å². The maximum atomic E-state index is 12.6. The van der Waals surface area contributed by atoms with Gasteiger partial charge in [-0.05, 0) is 27.8 Å². The molecule has 3 heterocycles. The number of fused-ring (bicyclic) bond motifs is 1. The summed E-state index contributed by atoms with van der Waals surface area (Å²) < 4.78 is 10.2. The van der Waals surface area contributed by atoms with Crippen LogP contribution in [0, 0.1) is 0 Å². The monoisotopic (exact) mass is 396 g/mol. The second kappa shape index (κ2) is 7.43. The first kappa shape index (κ1) is 19.6. The number of carbonyl (C=O) groups is 3. The molecule has 0 saturated carbocycles. The third-order valence-corrected chi connectivity index (χ3v) is 5.25. The van der Waals surface area contributed by atoms with Crippen molar-refractivity contribution in [2.75, 3.05) is 20.2 Å². The maximum absolute atomic E-state index is 12.6. The summed E-state index contributed by atoms with van der Waals surface area (Å²) in [5, 5.41) is 5.53. The molecular formula is C17H24N4O5S. The number of hydrogen-bond donors (Lipinski definition) is 2. The average molecular weight is 396 g/mol. The Morgan fingerprint density at radius 3 is 2.78 bits per heavy atom. The van der Waals surface area contributed by atoms with Crippen LogP contribution in [0.3, 0.4) is 0 Å². The molecule has 0 radical (unpaired) electrons. The number of amides is 2. The van der Waals surface area contributed by atoms with Crippen LogP contribution in [0.25, 0.3) is 0 Å². The van der Waals surface area contributed by atoms with Crippen molar-refractivity contribution in [3.05, 3.63) is 15.6 Å². The van der Waals surface area contributed by atoms with Gasteiger partial charge in [-0.1, -0.05) is 0 Å². The lowest BCUT2D eigenvalue weighted by molar-refractivity contribution is -0.139. The highest BCUT2D eigenvalue weighted by atomic mass is 32.1. The van der Waals surface area contributed by atoms with E-state index in [0.717, 1.165) is 30.1 Å². The van der Waals surface area contributed by atoms with Crippen LogP contribution in [0.2, 0.25) is 0 Å². The highest BCUT2D eigenvalue weighted by Gasteiger charge is 2.40. The van der Waals surface area contributed by atoms with Gasteiger partial charge in [0.15, 0.2) is 11.0 Å². The molecule has 1 unspecified atom stereocenters. The average Bonchev–Trinajstić information content (AvgIpc) is 3.10. The molecule has 9 nitrogen and oxygen atoms in total. The first-order chi connectivity index (χ1) is 12.6. The minimum absolute atomic E-state index is 0.0256. The van der Waals surface area contributed by atoms with Gasteiger partial charge in [-0.25, -0.2) is 14.6 Å². The number of nitrogens with one attached hydrogen (secondary N) is 2. The lowest BCUT2D eigenvalue weighted by Crippen LogP contribution is -2.53. The number of thiazole rings is 1. The van der Waals surface area contributed by atoms with E-state index in [9.17, 15) is 14.4 Å². The predicted molar refractivity (Wildman–Crippen MR) is 97.5 cm³/mol. The molecule has 27 heavy (non-hydrogen) atoms. The molecule has 1 aromatic heterocycles. The Morgan fingerprint density at radius 1 is 1.33 bits per heavy atom. The molecule has 0 bridgehead atoms. The van der Waals surface area contributed by atoms with Gasteiger partial charge in [0.25, 0.3) is 5.91 Å². The van der Waals surface area contributed by atoms with Crippen LogP contribution in [0.4, 0.5) is 4.79 Å². The number of likely N-dealkylation sites (N-methyl/N-ethyl adjacent to an activating group) is 1. The number of ether oxygens (including phenoxy) is 2. The van der Waals surface area contributed by atoms with Crippen LogP contribution in [0.5, 0.6) is 0 Å². The minimum Gasteiger partial charge on any atom is -0.462 e. The molecule has 3 rings (SSSR count). The Hall–Kier alpha value is -2.20. The minimum atomic E-state index is -0.978. The number of carbonyl (C=O) groups excluding carboxylic acids is 3. The van der Waals surface area contributed by atoms with Gasteiger partial charge in [0.2, 0.25) is 0 Å². The van der Waals surface area contributed by atoms with Crippen molar-refractivity contribution in [1.82, 2.24) is 20.5 Å². The van der Waals surface area contributed by atoms with E-state index in [1.54, 1.807) is 20.8 Å². The highest BCUT2D eigenvalue weighted by molar-refractivity contribution is 7.13. The van der Waals surface area contributed by atoms with Crippen LogP contribution in [0.1, 0.15) is 41.1 Å². The van der Waals surface area contributed by atoms with Crippen molar-refractivity contribution in [2.24, 2.45) is 0 Å². The zero-order valence-corrected chi connectivity index (χ0v) is 16.6. The van der Waals surface area contributed by atoms with Gasteiger partial charge in [0, 0.05) is 24.4 Å². The topological polar surface area (TPSA) is 110 Å². The summed E-state index contributed by atoms with van der Waals surface area (Å²) in [4.78, 5) is 44.2. The molecule has 2 aliphatic rings. The number of esters is 1. The van der Waals surface area contributed by atoms with Crippen LogP contribution in [-0.2, 0) is 27.2 Å². The van der Waals surface area contributed by atoms with Crippen molar-refractivity contribution < 1.29 is 23.9 Å². The molecule has 2 amide bonds. The molecule has 2 N–H and O–H groups in total. The molecule has 2 atom stereocenters. The molecular weight excluding hydrogens is 372 g/mol. The summed E-state index contributed by atoms with van der Waals surface area (Å²) in [6.07, 6.45) is 0.127. The summed E-state index contributed by atoms with van der Waals surface area (Å²) in [5.41, 5.74) is 0.264. The summed E-state index contributed by atoms with van der Waals surface area (Å²) in [5.74, 6) is -1.04. The molecule has 148 valence electrons. The molecule has 0 aromatic carbocycles. The number of nitrogens with zero attached hydrogens (tertiary/aromatic N) is 2. The molecule has 2 aliphatic heterocycles. The Labute approximate surface area is 161 Å². The quantitative estimate of drug-likeness (QED) is 0.723. The molecule has 10 heteroatoms. The van der Waals surface area contributed by atoms with E-state index in [2.05, 4.69) is 20.5 Å². The maximum Gasteiger partial charge on any atom is 0.408 e. The molecule has 1 saturated heterocycles. The Kier molecular flexibility index (Phi) is 5.38. The third-order valence-electron chi connectivity index (χ3n) is 4.17. The van der Waals surface area contributed by atoms with Crippen molar-refractivity contribution >= 4 is 29.3 Å². The van der Waals surface area contributed by atoms with E-state index in [0.29, 0.717) is 5.01 Å². The van der Waals surface area contributed by atoms with Crippen LogP contribution in [0.15, 0.2) is 0 Å². The van der Waals surface area contributed by atoms with Crippen LogP contribution >= 0.6 is 11.3 Å². The lowest BCUT2D eigenvalue weighted by Gasteiger charge is -2.23. The van der Waals surface area contributed by atoms with Crippen molar-refractivity contribution in [3.63, 3.8) is 0 Å². The zero-order valence-electron chi connectivity index (χ0n) is 15.8. The Bertz CT molecular complexity index is 757. The van der Waals surface area contributed by atoms with Gasteiger partial charge in [-0.2, -0.15) is 0 Å². The van der Waals surface area contributed by atoms with E-state index in [4.69, 9.17) is 9.47 Å². The largest absolute Gasteiger partial charge is 0.462 e. The first-order valence-corrected chi connectivity index (χ1v) is 9.58. The molecule has 1 aromatic rings. The third kappa shape index (κ3) is 4.75. The van der Waals surface area contributed by atoms with Gasteiger partial charge in [0.1, 0.15) is 12.2 Å². The second-order valence-corrected chi connectivity index (χ2v) is 8.79. The van der Waals surface area contributed by atoms with Crippen LogP contribution < -0.4 is 10.6 Å². The number of cyclic esters (lactones) is 1. The van der Waals surface area contributed by atoms with E-state index < -0.39 is 35.7 Å². The fourth-order valence-corrected chi connectivity index (χ4v) is 3.98. The smallest absolute Gasteiger partial charge is 0.408 e. The lowest BCUT2D eigenvalue weighted by atomic mass is 10.1. The molecule has 1 fully saturated rings. The fraction of sp³-hybridized carbons (Fsp3) is 0.647.